The van der Waals surface area contributed by atoms with Gasteiger partial charge in [-0.1, -0.05) is 6.07 Å². The van der Waals surface area contributed by atoms with E-state index in [4.69, 9.17) is 0 Å². The highest BCUT2D eigenvalue weighted by Crippen LogP contribution is 2.36. The second-order valence-electron chi connectivity index (χ2n) is 5.75. The number of hydrogen-bond acceptors (Lipinski definition) is 4. The van der Waals surface area contributed by atoms with Crippen LogP contribution in [0.1, 0.15) is 0 Å². The van der Waals surface area contributed by atoms with Gasteiger partial charge in [0, 0.05) is 12.1 Å². The van der Waals surface area contributed by atoms with Crippen LogP contribution in [0.25, 0.3) is 0 Å². The lowest BCUT2D eigenvalue weighted by atomic mass is 10.3. The molecule has 5 nitrogen and oxygen atoms in total. The van der Waals surface area contributed by atoms with Crippen molar-refractivity contribution in [3.05, 3.63) is 47.8 Å². The first-order chi connectivity index (χ1) is 14.1. The van der Waals surface area contributed by atoms with Gasteiger partial charge in [0.05, 0.1) is 5.69 Å². The molecule has 1 N–H and O–H groups in total. The Morgan fingerprint density at radius 3 is 1.61 bits per heavy atom. The minimum atomic E-state index is -5.15. The Hall–Kier alpha value is -2.84. The number of anilines is 1. The van der Waals surface area contributed by atoms with Crippen molar-refractivity contribution in [1.29, 1.82) is 0 Å². The minimum absolute atomic E-state index is 0.200. The van der Waals surface area contributed by atoms with Gasteiger partial charge in [0.25, 0.3) is 10.0 Å². The SMILES string of the molecule is O=S(=O)(Nc1cc(F)c(F)c(F)c1)c1c(OCC(F)(F)F)cccc1OCC(F)(F)F. The maximum absolute atomic E-state index is 13.3. The number of halogens is 9. The second kappa shape index (κ2) is 8.72. The molecule has 0 aromatic heterocycles. The average Bonchev–Trinajstić information content (AvgIpc) is 2.61. The van der Waals surface area contributed by atoms with Crippen molar-refractivity contribution in [2.75, 3.05) is 17.9 Å². The molecule has 0 fully saturated rings. The van der Waals surface area contributed by atoms with Crippen molar-refractivity contribution < 1.29 is 57.4 Å². The first kappa shape index (κ1) is 24.4. The smallest absolute Gasteiger partial charge is 0.422 e. The highest BCUT2D eigenvalue weighted by molar-refractivity contribution is 7.93. The summed E-state index contributed by atoms with van der Waals surface area (Å²) in [6, 6.07) is 2.63. The Balaban J connectivity index is 2.52. The number of alkyl halides is 6. The molecule has 2 rings (SSSR count). The van der Waals surface area contributed by atoms with E-state index in [2.05, 4.69) is 9.47 Å². The van der Waals surface area contributed by atoms with Gasteiger partial charge in [0.15, 0.2) is 35.6 Å². The Morgan fingerprint density at radius 1 is 0.806 bits per heavy atom. The van der Waals surface area contributed by atoms with Crippen LogP contribution in [-0.4, -0.2) is 34.0 Å². The van der Waals surface area contributed by atoms with E-state index in [1.165, 1.54) is 4.72 Å². The summed E-state index contributed by atoms with van der Waals surface area (Å²) in [7, 11) is -5.15. The summed E-state index contributed by atoms with van der Waals surface area (Å²) < 4.78 is 150. The van der Waals surface area contributed by atoms with Crippen LogP contribution >= 0.6 is 0 Å². The fourth-order valence-corrected chi connectivity index (χ4v) is 3.44. The molecule has 0 atom stereocenters. The topological polar surface area (TPSA) is 64.6 Å². The maximum atomic E-state index is 13.3. The molecule has 15 heteroatoms. The summed E-state index contributed by atoms with van der Waals surface area (Å²) in [4.78, 5) is -1.31. The second-order valence-corrected chi connectivity index (χ2v) is 7.37. The summed E-state index contributed by atoms with van der Waals surface area (Å²) in [5.74, 6) is -7.69. The number of benzene rings is 2. The van der Waals surface area contributed by atoms with Gasteiger partial charge < -0.3 is 9.47 Å². The van der Waals surface area contributed by atoms with Crippen molar-refractivity contribution in [1.82, 2.24) is 0 Å². The number of ether oxygens (including phenoxy) is 2. The van der Waals surface area contributed by atoms with Crippen LogP contribution in [-0.2, 0) is 10.0 Å². The molecule has 0 aliphatic heterocycles. The Labute approximate surface area is 168 Å². The molecular formula is C16H10F9NO4S. The molecule has 0 saturated carbocycles. The zero-order chi connectivity index (χ0) is 23.6. The normalized spacial score (nSPS) is 12.5. The molecule has 0 unspecified atom stereocenters. The quantitative estimate of drug-likeness (QED) is 0.455. The van der Waals surface area contributed by atoms with E-state index in [0.717, 1.165) is 6.07 Å². The lowest BCUT2D eigenvalue weighted by Gasteiger charge is -2.18. The van der Waals surface area contributed by atoms with E-state index in [1.807, 2.05) is 0 Å². The van der Waals surface area contributed by atoms with Gasteiger partial charge in [0.1, 0.15) is 11.5 Å². The van der Waals surface area contributed by atoms with Crippen molar-refractivity contribution in [2.24, 2.45) is 0 Å². The molecule has 0 radical (unpaired) electrons. The van der Waals surface area contributed by atoms with E-state index in [9.17, 15) is 47.9 Å². The Bertz CT molecular complexity index is 993. The van der Waals surface area contributed by atoms with E-state index in [-0.39, 0.29) is 12.1 Å². The van der Waals surface area contributed by atoms with Crippen LogP contribution in [0.5, 0.6) is 11.5 Å². The molecule has 0 bridgehead atoms. The fourth-order valence-electron chi connectivity index (χ4n) is 2.13. The highest BCUT2D eigenvalue weighted by atomic mass is 32.2. The molecule has 2 aromatic carbocycles. The van der Waals surface area contributed by atoms with Crippen LogP contribution in [0.3, 0.4) is 0 Å². The van der Waals surface area contributed by atoms with Crippen molar-refractivity contribution in [3.8, 4) is 11.5 Å². The van der Waals surface area contributed by atoms with Crippen LogP contribution in [0.4, 0.5) is 45.2 Å². The third kappa shape index (κ3) is 6.83. The molecule has 0 aliphatic carbocycles. The van der Waals surface area contributed by atoms with E-state index < -0.39 is 75.1 Å². The molecule has 31 heavy (non-hydrogen) atoms. The van der Waals surface area contributed by atoms with Crippen molar-refractivity contribution >= 4 is 15.7 Å². The number of nitrogens with one attached hydrogen (secondary N) is 1. The molecular weight excluding hydrogens is 473 g/mol. The molecule has 0 amide bonds. The van der Waals surface area contributed by atoms with Crippen LogP contribution in [0.2, 0.25) is 0 Å². The van der Waals surface area contributed by atoms with Gasteiger partial charge in [0.2, 0.25) is 0 Å². The molecule has 2 aromatic rings. The predicted octanol–water partition coefficient (Wildman–Crippen LogP) is 4.79. The van der Waals surface area contributed by atoms with Gasteiger partial charge in [-0.15, -0.1) is 0 Å². The van der Waals surface area contributed by atoms with E-state index in [1.54, 1.807) is 0 Å². The zero-order valence-electron chi connectivity index (χ0n) is 14.7. The van der Waals surface area contributed by atoms with Gasteiger partial charge in [-0.05, 0) is 12.1 Å². The number of rotatable bonds is 7. The van der Waals surface area contributed by atoms with Crippen LogP contribution in [0.15, 0.2) is 35.2 Å². The standard InChI is InChI=1S/C16H10F9NO4S/c17-9-4-8(5-10(18)13(9)19)26-31(27,28)14-11(29-6-15(20,21)22)2-1-3-12(14)30-7-16(23,24)25/h1-5,26H,6-7H2. The Morgan fingerprint density at radius 2 is 1.23 bits per heavy atom. The summed E-state index contributed by atoms with van der Waals surface area (Å²) in [5.41, 5.74) is -0.913. The summed E-state index contributed by atoms with van der Waals surface area (Å²) in [6.07, 6.45) is -9.89. The molecule has 172 valence electrons. The fraction of sp³-hybridized carbons (Fsp3) is 0.250. The van der Waals surface area contributed by atoms with E-state index in [0.29, 0.717) is 12.1 Å². The first-order valence-electron chi connectivity index (χ1n) is 7.78. The third-order valence-corrected chi connectivity index (χ3v) is 4.67. The molecule has 0 aliphatic rings. The monoisotopic (exact) mass is 483 g/mol. The maximum Gasteiger partial charge on any atom is 0.422 e. The zero-order valence-corrected chi connectivity index (χ0v) is 15.6. The lowest BCUT2D eigenvalue weighted by molar-refractivity contribution is -0.154. The lowest BCUT2D eigenvalue weighted by Crippen LogP contribution is -2.23. The molecule has 0 spiro atoms. The molecule has 0 heterocycles. The Kier molecular flexibility index (Phi) is 6.87. The van der Waals surface area contributed by atoms with Crippen LogP contribution < -0.4 is 14.2 Å². The number of sulfonamides is 1. The minimum Gasteiger partial charge on any atom is -0.483 e. The van der Waals surface area contributed by atoms with Gasteiger partial charge in [-0.3, -0.25) is 4.72 Å². The number of hydrogen-bond donors (Lipinski definition) is 1. The first-order valence-corrected chi connectivity index (χ1v) is 9.27. The summed E-state index contributed by atoms with van der Waals surface area (Å²) in [6.45, 7) is -4.03. The van der Waals surface area contributed by atoms with E-state index >= 15 is 0 Å². The van der Waals surface area contributed by atoms with Crippen LogP contribution in [0, 0.1) is 17.5 Å². The van der Waals surface area contributed by atoms with Crippen molar-refractivity contribution in [2.45, 2.75) is 17.2 Å². The van der Waals surface area contributed by atoms with Crippen molar-refractivity contribution in [3.63, 3.8) is 0 Å². The van der Waals surface area contributed by atoms with Gasteiger partial charge in [-0.25, -0.2) is 21.6 Å². The molecule has 0 saturated heterocycles. The summed E-state index contributed by atoms with van der Waals surface area (Å²) in [5, 5.41) is 0. The van der Waals surface area contributed by atoms with Gasteiger partial charge >= 0.3 is 12.4 Å². The highest BCUT2D eigenvalue weighted by Gasteiger charge is 2.34. The third-order valence-electron chi connectivity index (χ3n) is 3.23. The average molecular weight is 483 g/mol. The van der Waals surface area contributed by atoms with Gasteiger partial charge in [-0.2, -0.15) is 26.3 Å². The summed E-state index contributed by atoms with van der Waals surface area (Å²) >= 11 is 0. The largest absolute Gasteiger partial charge is 0.483 e. The predicted molar refractivity (Wildman–Crippen MR) is 86.7 cm³/mol.